The number of hydrogen-bond acceptors (Lipinski definition) is 20. The molecule has 2 saturated heterocycles. The van der Waals surface area contributed by atoms with Crippen LogP contribution in [0, 0.1) is 0 Å². The van der Waals surface area contributed by atoms with Gasteiger partial charge in [0.2, 0.25) is 11.8 Å². The molecule has 2 fully saturated rings. The molecule has 0 aromatic heterocycles. The molecule has 0 spiro atoms. The lowest BCUT2D eigenvalue weighted by molar-refractivity contribution is -0.310. The Morgan fingerprint density at radius 2 is 0.840 bits per heavy atom. The Bertz CT molecular complexity index is 3100. The number of benzene rings is 5. The molecular formula is C67H81N5O20S2. The lowest BCUT2D eigenvalue weighted by atomic mass is 9.88. The summed E-state index contributed by atoms with van der Waals surface area (Å²) in [5.74, 6) is -9.16. The van der Waals surface area contributed by atoms with Crippen molar-refractivity contribution in [1.29, 1.82) is 0 Å². The first-order chi connectivity index (χ1) is 45.0. The van der Waals surface area contributed by atoms with Gasteiger partial charge in [-0.15, -0.1) is 0 Å². The smallest absolute Gasteiger partial charge is 0.364 e. The van der Waals surface area contributed by atoms with Gasteiger partial charge in [-0.25, -0.2) is 9.59 Å². The summed E-state index contributed by atoms with van der Waals surface area (Å²) in [5.41, 5.74) is 4.91. The minimum atomic E-state index is -2.49. The summed E-state index contributed by atoms with van der Waals surface area (Å²) in [4.78, 5) is 102. The average molecular weight is 1340 g/mol. The van der Waals surface area contributed by atoms with Crippen LogP contribution in [0.1, 0.15) is 93.8 Å². The highest BCUT2D eigenvalue weighted by atomic mass is 32.2. The topological polar surface area (TPSA) is 395 Å². The lowest BCUT2D eigenvalue weighted by Crippen LogP contribution is -2.68. The second-order valence-corrected chi connectivity index (χ2v) is 25.1. The van der Waals surface area contributed by atoms with E-state index in [1.54, 1.807) is 60.7 Å². The minimum absolute atomic E-state index is 0.144. The number of nitrogens with one attached hydrogen (secondary N) is 5. The highest BCUT2D eigenvalue weighted by molar-refractivity contribution is 7.99. The van der Waals surface area contributed by atoms with Crippen LogP contribution in [0.5, 0.6) is 0 Å². The summed E-state index contributed by atoms with van der Waals surface area (Å²) < 4.78 is 23.2. The van der Waals surface area contributed by atoms with Crippen LogP contribution in [0.4, 0.5) is 0 Å². The maximum absolute atomic E-state index is 13.0. The molecule has 5 aromatic rings. The molecule has 7 rings (SSSR count). The second kappa shape index (κ2) is 35.7. The summed E-state index contributed by atoms with van der Waals surface area (Å²) in [7, 11) is 0. The van der Waals surface area contributed by atoms with E-state index in [1.165, 1.54) is 35.7 Å². The van der Waals surface area contributed by atoms with Crippen LogP contribution in [0.25, 0.3) is 22.3 Å². The molecule has 2 heterocycles. The molecule has 27 heteroatoms. The highest BCUT2D eigenvalue weighted by Gasteiger charge is 2.57. The molecule has 25 nitrogen and oxygen atoms in total. The Morgan fingerprint density at radius 3 is 1.23 bits per heavy atom. The van der Waals surface area contributed by atoms with E-state index in [9.17, 15) is 79.2 Å². The van der Waals surface area contributed by atoms with Gasteiger partial charge in [0.25, 0.3) is 29.3 Å². The van der Waals surface area contributed by atoms with Crippen molar-refractivity contribution in [3.63, 3.8) is 0 Å². The van der Waals surface area contributed by atoms with Crippen LogP contribution in [0.3, 0.4) is 0 Å². The number of aliphatic hydroxyl groups excluding tert-OH is 6. The predicted octanol–water partition coefficient (Wildman–Crippen LogP) is 3.17. The van der Waals surface area contributed by atoms with E-state index in [2.05, 4.69) is 26.6 Å². The summed E-state index contributed by atoms with van der Waals surface area (Å²) in [6, 6.07) is 35.9. The monoisotopic (exact) mass is 1340 g/mol. The second-order valence-electron chi connectivity index (χ2n) is 22.7. The molecular weight excluding hydrogens is 1260 g/mol. The molecule has 506 valence electrons. The lowest BCUT2D eigenvalue weighted by Gasteiger charge is -2.46. The largest absolute Gasteiger partial charge is 0.477 e. The third kappa shape index (κ3) is 20.7. The molecule has 5 amide bonds. The van der Waals surface area contributed by atoms with Gasteiger partial charge < -0.3 is 86.4 Å². The third-order valence-corrected chi connectivity index (χ3v) is 17.9. The number of carboxylic acids is 2. The average Bonchev–Trinajstić information content (AvgIpc) is 0.777. The fourth-order valence-corrected chi connectivity index (χ4v) is 12.3. The van der Waals surface area contributed by atoms with E-state index in [4.69, 9.17) is 18.9 Å². The van der Waals surface area contributed by atoms with Gasteiger partial charge in [0.05, 0.1) is 49.7 Å². The van der Waals surface area contributed by atoms with Crippen molar-refractivity contribution in [3.8, 4) is 22.3 Å². The van der Waals surface area contributed by atoms with Crippen molar-refractivity contribution in [2.24, 2.45) is 0 Å². The number of Topliss-reactive ketones (excluding diaryl/α,β-unsaturated/α-hetero) is 1. The van der Waals surface area contributed by atoms with Crippen molar-refractivity contribution in [1.82, 2.24) is 26.6 Å². The molecule has 94 heavy (non-hydrogen) atoms. The van der Waals surface area contributed by atoms with E-state index < -0.39 is 134 Å². The first kappa shape index (κ1) is 73.8. The van der Waals surface area contributed by atoms with Crippen LogP contribution < -0.4 is 26.6 Å². The number of ketones is 1. The molecule has 0 saturated carbocycles. The Labute approximate surface area is 551 Å². The first-order valence-corrected chi connectivity index (χ1v) is 33.0. The van der Waals surface area contributed by atoms with Crippen molar-refractivity contribution in [3.05, 3.63) is 156 Å². The van der Waals surface area contributed by atoms with Gasteiger partial charge in [-0.3, -0.25) is 28.8 Å². The maximum Gasteiger partial charge on any atom is 0.364 e. The van der Waals surface area contributed by atoms with E-state index in [1.807, 2.05) is 60.7 Å². The molecule has 0 radical (unpaired) electrons. The molecule has 5 aromatic carbocycles. The van der Waals surface area contributed by atoms with Gasteiger partial charge >= 0.3 is 11.9 Å². The van der Waals surface area contributed by atoms with Gasteiger partial charge in [-0.2, -0.15) is 23.5 Å². The zero-order valence-corrected chi connectivity index (χ0v) is 53.5. The number of hydrogen-bond donors (Lipinski definition) is 13. The number of amides is 5. The van der Waals surface area contributed by atoms with Crippen molar-refractivity contribution >= 4 is 70.8 Å². The normalized spacial score (nSPS) is 22.3. The zero-order chi connectivity index (χ0) is 68.0. The molecule has 2 aliphatic rings. The number of aliphatic hydroxyl groups is 6. The quantitative estimate of drug-likeness (QED) is 0.0205. The van der Waals surface area contributed by atoms with Crippen molar-refractivity contribution in [2.75, 3.05) is 55.9 Å². The highest BCUT2D eigenvalue weighted by Crippen LogP contribution is 2.36. The number of rotatable bonds is 35. The Hall–Kier alpha value is -7.64. The van der Waals surface area contributed by atoms with Crippen LogP contribution in [0.2, 0.25) is 0 Å². The molecule has 2 aliphatic heterocycles. The van der Waals surface area contributed by atoms with Gasteiger partial charge in [-0.1, -0.05) is 97.1 Å². The first-order valence-electron chi connectivity index (χ1n) is 30.7. The number of ether oxygens (including phenoxy) is 4. The number of carbonyl (C=O) groups excluding carboxylic acids is 6. The fraction of sp³-hybridized carbons (Fsp3) is 0.433. The van der Waals surface area contributed by atoms with E-state index >= 15 is 0 Å². The fourth-order valence-electron chi connectivity index (χ4n) is 10.7. The van der Waals surface area contributed by atoms with Gasteiger partial charge in [0.15, 0.2) is 5.78 Å². The van der Waals surface area contributed by atoms with Gasteiger partial charge in [0, 0.05) is 80.8 Å². The van der Waals surface area contributed by atoms with Crippen LogP contribution in [-0.4, -0.2) is 216 Å². The summed E-state index contributed by atoms with van der Waals surface area (Å²) >= 11 is 2.91. The molecule has 8 unspecified atom stereocenters. The van der Waals surface area contributed by atoms with Crippen molar-refractivity contribution < 1.29 is 98.2 Å². The Kier molecular flexibility index (Phi) is 28.1. The van der Waals surface area contributed by atoms with Crippen LogP contribution in [-0.2, 0) is 38.1 Å². The number of carbonyl (C=O) groups is 8. The Balaban J connectivity index is 0.773. The van der Waals surface area contributed by atoms with Gasteiger partial charge in [-0.05, 0) is 95.2 Å². The zero-order valence-electron chi connectivity index (χ0n) is 51.9. The summed E-state index contributed by atoms with van der Waals surface area (Å²) in [5, 5.41) is 100. The van der Waals surface area contributed by atoms with E-state index in [-0.39, 0.29) is 49.0 Å². The number of thioether (sulfide) groups is 2. The van der Waals surface area contributed by atoms with Crippen molar-refractivity contribution in [2.45, 2.75) is 125 Å². The minimum Gasteiger partial charge on any atom is -0.477 e. The molecule has 13 N–H and O–H groups in total. The number of aliphatic carboxylic acids is 2. The van der Waals surface area contributed by atoms with Gasteiger partial charge in [0.1, 0.15) is 24.4 Å². The Morgan fingerprint density at radius 1 is 0.489 bits per heavy atom. The standard InChI is InChI=1S/C67H81N5O20S2/c1-40(73)71-55-51(76)36-66(64(85)86,91-59(55)57(80)53(78)38-69-62(83)48-23-17-44(18-24-48)42-12-5-3-6-13-42)89-30-10-33-93-32-9-16-50(75)46-21-27-47(28-22-46)61(82)68-29-35-94-34-11-31-90-67(65(87)88)37-52(77)56(72-41(2)74)60(92-67)58(81)54(79)39-70-63(84)49-25-19-45(20-26-49)43-14-7-4-8-15-43/h3-8,12-15,17-28,51-60,76-81H,9-11,16,29-39H2,1-2H3,(H,68,82)(H,69,83)(H,70,84)(H,71,73)(H,72,74)(H,85,86)(H,87,88)/t51?,52?,53-,54+,55?,56?,57+,58-,59?,60?,66?,67?/m1/s1. The SMILES string of the molecule is CC(=O)NC1C(O)CC(OCCCSCCCC(=O)c2ccc(C(=O)NCCSCCCOC3(C(=O)O)CC(O)C(NC(C)=O)C([C@H](O)[C@@H](O)CNC(=O)c4ccc(-c5ccccc5)cc4)O3)cc2)(C(=O)O)OC1[C@@H](O)[C@H](O)CNC(=O)c1ccc(-c2ccccc2)cc1. The third-order valence-electron chi connectivity index (χ3n) is 15.7. The predicted molar refractivity (Wildman–Crippen MR) is 348 cm³/mol. The molecule has 0 aliphatic carbocycles. The summed E-state index contributed by atoms with van der Waals surface area (Å²) in [6.45, 7) is 1.22. The number of carboxylic acid groups (broad SMARTS) is 2. The van der Waals surface area contributed by atoms with E-state index in [0.717, 1.165) is 36.1 Å². The maximum atomic E-state index is 13.0. The summed E-state index contributed by atoms with van der Waals surface area (Å²) in [6.07, 6.45) is -13.9. The molecule has 0 bridgehead atoms. The van der Waals surface area contributed by atoms with E-state index in [0.29, 0.717) is 53.4 Å². The van der Waals surface area contributed by atoms with Crippen LogP contribution in [0.15, 0.2) is 133 Å². The molecule has 12 atom stereocenters. The van der Waals surface area contributed by atoms with Crippen LogP contribution >= 0.6 is 23.5 Å².